The predicted octanol–water partition coefficient (Wildman–Crippen LogP) is 5.83. The Labute approximate surface area is 167 Å². The third-order valence-electron chi connectivity index (χ3n) is 4.92. The quantitative estimate of drug-likeness (QED) is 0.428. The predicted molar refractivity (Wildman–Crippen MR) is 116 cm³/mol. The lowest BCUT2D eigenvalue weighted by atomic mass is 10.0. The maximum absolute atomic E-state index is 12.7. The van der Waals surface area contributed by atoms with Crippen molar-refractivity contribution in [3.05, 3.63) is 96.6 Å². The fraction of sp³-hybridized carbons (Fsp3) is 0.0400. The van der Waals surface area contributed by atoms with Crippen molar-refractivity contribution in [3.8, 4) is 11.5 Å². The summed E-state index contributed by atoms with van der Waals surface area (Å²) in [5.74, 6) is 0.479. The minimum Gasteiger partial charge on any atom is -0.436 e. The van der Waals surface area contributed by atoms with Crippen molar-refractivity contribution >= 4 is 33.5 Å². The number of fused-ring (bicyclic) bond motifs is 2. The Morgan fingerprint density at radius 1 is 0.862 bits per heavy atom. The SMILES string of the molecule is O=C(Cc1cccc2ccccc12)Nc1cccc(-c2nc3ccccc3o2)c1. The highest BCUT2D eigenvalue weighted by atomic mass is 16.3. The van der Waals surface area contributed by atoms with E-state index in [1.54, 1.807) is 0 Å². The summed E-state index contributed by atoms with van der Waals surface area (Å²) in [6, 6.07) is 29.3. The molecule has 140 valence electrons. The van der Waals surface area contributed by atoms with E-state index in [0.717, 1.165) is 38.7 Å². The molecule has 1 amide bonds. The molecular weight excluding hydrogens is 360 g/mol. The molecule has 0 saturated heterocycles. The average Bonchev–Trinajstić information content (AvgIpc) is 3.19. The van der Waals surface area contributed by atoms with Crippen LogP contribution in [-0.2, 0) is 11.2 Å². The van der Waals surface area contributed by atoms with Crippen LogP contribution in [0.15, 0.2) is 95.4 Å². The van der Waals surface area contributed by atoms with Crippen molar-refractivity contribution in [2.24, 2.45) is 0 Å². The number of rotatable bonds is 4. The van der Waals surface area contributed by atoms with Crippen LogP contribution in [0.2, 0.25) is 0 Å². The van der Waals surface area contributed by atoms with Gasteiger partial charge in [0.25, 0.3) is 0 Å². The molecule has 0 spiro atoms. The van der Waals surface area contributed by atoms with Crippen LogP contribution >= 0.6 is 0 Å². The van der Waals surface area contributed by atoms with Gasteiger partial charge < -0.3 is 9.73 Å². The molecule has 1 aromatic heterocycles. The number of amides is 1. The van der Waals surface area contributed by atoms with Crippen molar-refractivity contribution < 1.29 is 9.21 Å². The summed E-state index contributed by atoms with van der Waals surface area (Å²) in [6.07, 6.45) is 0.314. The van der Waals surface area contributed by atoms with Crippen LogP contribution in [-0.4, -0.2) is 10.9 Å². The normalized spacial score (nSPS) is 11.0. The van der Waals surface area contributed by atoms with Crippen LogP contribution in [0, 0.1) is 0 Å². The van der Waals surface area contributed by atoms with Crippen LogP contribution < -0.4 is 5.32 Å². The van der Waals surface area contributed by atoms with E-state index in [0.29, 0.717) is 12.3 Å². The number of nitrogens with zero attached hydrogens (tertiary/aromatic N) is 1. The number of anilines is 1. The van der Waals surface area contributed by atoms with E-state index in [2.05, 4.69) is 22.4 Å². The standard InChI is InChI=1S/C25H18N2O2/c28-24(16-18-9-5-8-17-7-1-2-12-21(17)18)26-20-11-6-10-19(15-20)25-27-22-13-3-4-14-23(22)29-25/h1-15H,16H2,(H,26,28). The summed E-state index contributed by atoms with van der Waals surface area (Å²) in [6.45, 7) is 0. The first-order valence-electron chi connectivity index (χ1n) is 9.49. The van der Waals surface area contributed by atoms with E-state index < -0.39 is 0 Å². The van der Waals surface area contributed by atoms with Crippen molar-refractivity contribution in [3.63, 3.8) is 0 Å². The number of carbonyl (C=O) groups is 1. The monoisotopic (exact) mass is 378 g/mol. The van der Waals surface area contributed by atoms with Gasteiger partial charge in [0.1, 0.15) is 5.52 Å². The van der Waals surface area contributed by atoms with Gasteiger partial charge in [-0.3, -0.25) is 4.79 Å². The summed E-state index contributed by atoms with van der Waals surface area (Å²) in [5, 5.41) is 5.23. The first-order chi connectivity index (χ1) is 14.3. The van der Waals surface area contributed by atoms with Gasteiger partial charge in [-0.25, -0.2) is 4.98 Å². The molecule has 5 aromatic rings. The van der Waals surface area contributed by atoms with Crippen molar-refractivity contribution in [2.45, 2.75) is 6.42 Å². The fourth-order valence-electron chi connectivity index (χ4n) is 3.55. The molecule has 0 bridgehead atoms. The Bertz CT molecular complexity index is 1300. The lowest BCUT2D eigenvalue weighted by molar-refractivity contribution is -0.115. The molecule has 0 unspecified atom stereocenters. The number of carbonyl (C=O) groups excluding carboxylic acids is 1. The van der Waals surface area contributed by atoms with Gasteiger partial charge in [-0.1, -0.05) is 60.7 Å². The molecule has 0 aliphatic carbocycles. The Hall–Kier alpha value is -3.92. The second kappa shape index (κ2) is 7.24. The smallest absolute Gasteiger partial charge is 0.228 e. The van der Waals surface area contributed by atoms with Crippen LogP contribution in [0.5, 0.6) is 0 Å². The maximum atomic E-state index is 12.7. The van der Waals surface area contributed by atoms with Crippen LogP contribution in [0.4, 0.5) is 5.69 Å². The van der Waals surface area contributed by atoms with Gasteiger partial charge >= 0.3 is 0 Å². The fourth-order valence-corrected chi connectivity index (χ4v) is 3.55. The topological polar surface area (TPSA) is 55.1 Å². The molecule has 0 radical (unpaired) electrons. The zero-order valence-electron chi connectivity index (χ0n) is 15.6. The first kappa shape index (κ1) is 17.2. The molecule has 29 heavy (non-hydrogen) atoms. The van der Waals surface area contributed by atoms with E-state index in [-0.39, 0.29) is 5.91 Å². The summed E-state index contributed by atoms with van der Waals surface area (Å²) in [7, 11) is 0. The van der Waals surface area contributed by atoms with Crippen molar-refractivity contribution in [2.75, 3.05) is 5.32 Å². The Morgan fingerprint density at radius 2 is 1.66 bits per heavy atom. The van der Waals surface area contributed by atoms with Crippen molar-refractivity contribution in [1.29, 1.82) is 0 Å². The number of benzene rings is 4. The third kappa shape index (κ3) is 3.48. The average molecular weight is 378 g/mol. The second-order valence-electron chi connectivity index (χ2n) is 6.93. The largest absolute Gasteiger partial charge is 0.436 e. The molecular formula is C25H18N2O2. The number of nitrogens with one attached hydrogen (secondary N) is 1. The lowest BCUT2D eigenvalue weighted by Gasteiger charge is -2.08. The third-order valence-corrected chi connectivity index (χ3v) is 4.92. The highest BCUT2D eigenvalue weighted by molar-refractivity contribution is 5.96. The van der Waals surface area contributed by atoms with Gasteiger partial charge in [0.05, 0.1) is 6.42 Å². The number of hydrogen-bond acceptors (Lipinski definition) is 3. The Kier molecular flexibility index (Phi) is 4.30. The summed E-state index contributed by atoms with van der Waals surface area (Å²) in [4.78, 5) is 17.2. The van der Waals surface area contributed by atoms with Crippen LogP contribution in [0.25, 0.3) is 33.3 Å². The summed E-state index contributed by atoms with van der Waals surface area (Å²) < 4.78 is 5.83. The van der Waals surface area contributed by atoms with E-state index in [4.69, 9.17) is 4.42 Å². The zero-order chi connectivity index (χ0) is 19.6. The number of aromatic nitrogens is 1. The summed E-state index contributed by atoms with van der Waals surface area (Å²) in [5.41, 5.74) is 4.11. The summed E-state index contributed by atoms with van der Waals surface area (Å²) >= 11 is 0. The van der Waals surface area contributed by atoms with E-state index >= 15 is 0 Å². The van der Waals surface area contributed by atoms with E-state index in [1.165, 1.54) is 0 Å². The van der Waals surface area contributed by atoms with E-state index in [9.17, 15) is 4.79 Å². The molecule has 1 heterocycles. The minimum atomic E-state index is -0.0592. The van der Waals surface area contributed by atoms with Gasteiger partial charge in [-0.05, 0) is 46.7 Å². The number of oxazole rings is 1. The first-order valence-corrected chi connectivity index (χ1v) is 9.49. The molecule has 0 aliphatic heterocycles. The van der Waals surface area contributed by atoms with E-state index in [1.807, 2.05) is 78.9 Å². The molecule has 0 fully saturated rings. The second-order valence-corrected chi connectivity index (χ2v) is 6.93. The molecule has 4 heteroatoms. The molecule has 0 atom stereocenters. The molecule has 0 aliphatic rings. The molecule has 4 nitrogen and oxygen atoms in total. The zero-order valence-corrected chi connectivity index (χ0v) is 15.6. The Balaban J connectivity index is 1.38. The van der Waals surface area contributed by atoms with Gasteiger partial charge in [-0.15, -0.1) is 0 Å². The highest BCUT2D eigenvalue weighted by Crippen LogP contribution is 2.26. The minimum absolute atomic E-state index is 0.0592. The highest BCUT2D eigenvalue weighted by Gasteiger charge is 2.11. The molecule has 1 N–H and O–H groups in total. The lowest BCUT2D eigenvalue weighted by Crippen LogP contribution is -2.14. The number of para-hydroxylation sites is 2. The maximum Gasteiger partial charge on any atom is 0.228 e. The van der Waals surface area contributed by atoms with Gasteiger partial charge in [0.15, 0.2) is 5.58 Å². The number of hydrogen-bond donors (Lipinski definition) is 1. The van der Waals surface area contributed by atoms with Gasteiger partial charge in [-0.2, -0.15) is 0 Å². The molecule has 5 rings (SSSR count). The van der Waals surface area contributed by atoms with Gasteiger partial charge in [0.2, 0.25) is 11.8 Å². The van der Waals surface area contributed by atoms with Crippen LogP contribution in [0.1, 0.15) is 5.56 Å². The molecule has 0 saturated carbocycles. The molecule has 4 aromatic carbocycles. The van der Waals surface area contributed by atoms with Crippen molar-refractivity contribution in [1.82, 2.24) is 4.98 Å². The van der Waals surface area contributed by atoms with Crippen LogP contribution in [0.3, 0.4) is 0 Å². The Morgan fingerprint density at radius 3 is 2.59 bits per heavy atom. The van der Waals surface area contributed by atoms with Gasteiger partial charge in [0, 0.05) is 11.3 Å².